The topological polar surface area (TPSA) is 56.2 Å². The number of carbonyl (C=O) groups is 1. The second kappa shape index (κ2) is 7.91. The number of aliphatic hydroxyl groups is 1. The van der Waals surface area contributed by atoms with Crippen molar-refractivity contribution < 1.29 is 14.6 Å². The second-order valence-electron chi connectivity index (χ2n) is 6.76. The molecule has 1 N–H and O–H groups in total. The first kappa shape index (κ1) is 18.5. The van der Waals surface area contributed by atoms with E-state index >= 15 is 0 Å². The van der Waals surface area contributed by atoms with E-state index in [-0.39, 0.29) is 11.9 Å². The molecule has 0 spiro atoms. The number of amides is 1. The Balaban J connectivity index is 1.66. The Hall–Kier alpha value is -1.34. The summed E-state index contributed by atoms with van der Waals surface area (Å²) < 4.78 is 5.41. The molecule has 2 heterocycles. The minimum Gasteiger partial charge on any atom is -0.492 e. The fourth-order valence-electron chi connectivity index (χ4n) is 3.54. The van der Waals surface area contributed by atoms with E-state index in [1.807, 2.05) is 6.92 Å². The molecule has 2 saturated heterocycles. The van der Waals surface area contributed by atoms with Gasteiger partial charge in [0.25, 0.3) is 5.91 Å². The van der Waals surface area contributed by atoms with Crippen molar-refractivity contribution in [1.82, 2.24) is 14.7 Å². The summed E-state index contributed by atoms with van der Waals surface area (Å²) in [5.74, 6) is 0.484. The molecule has 0 bridgehead atoms. The highest BCUT2D eigenvalue weighted by Gasteiger charge is 2.38. The van der Waals surface area contributed by atoms with Gasteiger partial charge in [-0.2, -0.15) is 0 Å². The van der Waals surface area contributed by atoms with Crippen LogP contribution >= 0.6 is 11.6 Å². The SMILES string of the molecule is CCOc1ccc(C(=O)N2C[C@H](O)[C@@H](N3CCN(C)CC3)C2)cc1Cl. The molecule has 0 aromatic heterocycles. The van der Waals surface area contributed by atoms with Crippen molar-refractivity contribution in [2.24, 2.45) is 0 Å². The lowest BCUT2D eigenvalue weighted by Gasteiger charge is -2.37. The maximum absolute atomic E-state index is 12.8. The molecule has 0 unspecified atom stereocenters. The molecule has 3 rings (SSSR count). The Bertz CT molecular complexity index is 620. The van der Waals surface area contributed by atoms with Gasteiger partial charge in [0, 0.05) is 44.8 Å². The van der Waals surface area contributed by atoms with Gasteiger partial charge in [-0.3, -0.25) is 9.69 Å². The molecule has 2 fully saturated rings. The van der Waals surface area contributed by atoms with Crippen LogP contribution < -0.4 is 4.74 Å². The number of halogens is 1. The van der Waals surface area contributed by atoms with Crippen molar-refractivity contribution in [3.63, 3.8) is 0 Å². The summed E-state index contributed by atoms with van der Waals surface area (Å²) in [5, 5.41) is 10.9. The number of β-amino-alcohol motifs (C(OH)–C–C–N with tert-alkyl or cyclic N) is 1. The molecule has 138 valence electrons. The normalized spacial score (nSPS) is 25.4. The van der Waals surface area contributed by atoms with Crippen molar-refractivity contribution in [2.45, 2.75) is 19.1 Å². The van der Waals surface area contributed by atoms with Crippen LogP contribution in [0.3, 0.4) is 0 Å². The van der Waals surface area contributed by atoms with Crippen LogP contribution in [0.2, 0.25) is 5.02 Å². The average Bonchev–Trinajstić information content (AvgIpc) is 2.99. The Kier molecular flexibility index (Phi) is 5.84. The first-order valence-corrected chi connectivity index (χ1v) is 9.19. The molecule has 0 saturated carbocycles. The summed E-state index contributed by atoms with van der Waals surface area (Å²) in [7, 11) is 2.11. The molecule has 6 nitrogen and oxygen atoms in total. The molecule has 1 aromatic carbocycles. The molecule has 1 amide bonds. The standard InChI is InChI=1S/C18H26ClN3O3/c1-3-25-17-5-4-13(10-14(17)19)18(24)22-11-15(16(23)12-22)21-8-6-20(2)7-9-21/h4-5,10,15-16,23H,3,6-9,11-12H2,1-2H3/t15-,16-/m0/s1. The van der Waals surface area contributed by atoms with Gasteiger partial charge in [-0.25, -0.2) is 0 Å². The number of rotatable bonds is 4. The van der Waals surface area contributed by atoms with Gasteiger partial charge in [-0.05, 0) is 32.2 Å². The zero-order chi connectivity index (χ0) is 18.0. The zero-order valence-corrected chi connectivity index (χ0v) is 15.6. The predicted octanol–water partition coefficient (Wildman–Crippen LogP) is 1.17. The number of carbonyl (C=O) groups excluding carboxylic acids is 1. The van der Waals surface area contributed by atoms with Gasteiger partial charge in [-0.15, -0.1) is 0 Å². The zero-order valence-electron chi connectivity index (χ0n) is 14.8. The van der Waals surface area contributed by atoms with E-state index in [0.717, 1.165) is 26.2 Å². The molecule has 0 radical (unpaired) electrons. The largest absolute Gasteiger partial charge is 0.492 e. The fraction of sp³-hybridized carbons (Fsp3) is 0.611. The van der Waals surface area contributed by atoms with Gasteiger partial charge in [-0.1, -0.05) is 11.6 Å². The number of likely N-dealkylation sites (N-methyl/N-ethyl adjacent to an activating group) is 1. The summed E-state index contributed by atoms with van der Waals surface area (Å²) in [6, 6.07) is 5.11. The summed E-state index contributed by atoms with van der Waals surface area (Å²) in [6.45, 7) is 7.16. The number of hydrogen-bond acceptors (Lipinski definition) is 5. The van der Waals surface area contributed by atoms with Gasteiger partial charge in [0.1, 0.15) is 5.75 Å². The first-order chi connectivity index (χ1) is 12.0. The number of piperazine rings is 1. The Morgan fingerprint density at radius 3 is 2.64 bits per heavy atom. The van der Waals surface area contributed by atoms with Crippen LogP contribution in [0.1, 0.15) is 17.3 Å². The maximum atomic E-state index is 12.8. The molecule has 2 atom stereocenters. The van der Waals surface area contributed by atoms with E-state index in [1.165, 1.54) is 0 Å². The van der Waals surface area contributed by atoms with E-state index in [4.69, 9.17) is 16.3 Å². The van der Waals surface area contributed by atoms with Crippen molar-refractivity contribution >= 4 is 17.5 Å². The van der Waals surface area contributed by atoms with Crippen LogP contribution in [-0.2, 0) is 0 Å². The molecule has 2 aliphatic heterocycles. The number of nitrogens with zero attached hydrogens (tertiary/aromatic N) is 3. The van der Waals surface area contributed by atoms with E-state index in [9.17, 15) is 9.90 Å². The third-order valence-electron chi connectivity index (χ3n) is 5.03. The third kappa shape index (κ3) is 4.08. The van der Waals surface area contributed by atoms with Gasteiger partial charge in [0.2, 0.25) is 0 Å². The number of likely N-dealkylation sites (tertiary alicyclic amines) is 1. The number of aliphatic hydroxyl groups excluding tert-OH is 1. The van der Waals surface area contributed by atoms with Gasteiger partial charge < -0.3 is 19.6 Å². The molecule has 7 heteroatoms. The highest BCUT2D eigenvalue weighted by molar-refractivity contribution is 6.32. The van der Waals surface area contributed by atoms with Crippen LogP contribution in [0.5, 0.6) is 5.75 Å². The number of benzene rings is 1. The van der Waals surface area contributed by atoms with Gasteiger partial charge >= 0.3 is 0 Å². The summed E-state index contributed by atoms with van der Waals surface area (Å²) >= 11 is 6.19. The smallest absolute Gasteiger partial charge is 0.254 e. The van der Waals surface area contributed by atoms with Crippen molar-refractivity contribution in [3.05, 3.63) is 28.8 Å². The Morgan fingerprint density at radius 2 is 2.00 bits per heavy atom. The minimum absolute atomic E-state index is 0.0100. The summed E-state index contributed by atoms with van der Waals surface area (Å²) in [4.78, 5) is 19.1. The second-order valence-corrected chi connectivity index (χ2v) is 7.17. The Labute approximate surface area is 153 Å². The van der Waals surface area contributed by atoms with Gasteiger partial charge in [0.05, 0.1) is 23.8 Å². The van der Waals surface area contributed by atoms with Crippen LogP contribution in [-0.4, -0.2) is 90.8 Å². The van der Waals surface area contributed by atoms with Gasteiger partial charge in [0.15, 0.2) is 0 Å². The molecular formula is C18H26ClN3O3. The van der Waals surface area contributed by atoms with Crippen LogP contribution in [0, 0.1) is 0 Å². The molecule has 2 aliphatic rings. The van der Waals surface area contributed by atoms with E-state index < -0.39 is 6.10 Å². The molecule has 0 aliphatic carbocycles. The first-order valence-electron chi connectivity index (χ1n) is 8.82. The Morgan fingerprint density at radius 1 is 1.28 bits per heavy atom. The van der Waals surface area contributed by atoms with Crippen molar-refractivity contribution in [2.75, 3.05) is 52.9 Å². The quantitative estimate of drug-likeness (QED) is 0.865. The predicted molar refractivity (Wildman–Crippen MR) is 97.4 cm³/mol. The lowest BCUT2D eigenvalue weighted by atomic mass is 10.1. The molecule has 25 heavy (non-hydrogen) atoms. The average molecular weight is 368 g/mol. The van der Waals surface area contributed by atoms with Crippen molar-refractivity contribution in [3.8, 4) is 5.75 Å². The van der Waals surface area contributed by atoms with E-state index in [0.29, 0.717) is 36.0 Å². The maximum Gasteiger partial charge on any atom is 0.254 e. The number of hydrogen-bond donors (Lipinski definition) is 1. The van der Waals surface area contributed by atoms with Crippen molar-refractivity contribution in [1.29, 1.82) is 0 Å². The van der Waals surface area contributed by atoms with Crippen LogP contribution in [0.25, 0.3) is 0 Å². The highest BCUT2D eigenvalue weighted by Crippen LogP contribution is 2.27. The summed E-state index contributed by atoms with van der Waals surface area (Å²) in [5.41, 5.74) is 0.527. The lowest BCUT2D eigenvalue weighted by Crippen LogP contribution is -2.52. The number of ether oxygens (including phenoxy) is 1. The highest BCUT2D eigenvalue weighted by atomic mass is 35.5. The molecule has 1 aromatic rings. The monoisotopic (exact) mass is 367 g/mol. The minimum atomic E-state index is -0.509. The van der Waals surface area contributed by atoms with E-state index in [2.05, 4.69) is 16.8 Å². The fourth-order valence-corrected chi connectivity index (χ4v) is 3.77. The van der Waals surface area contributed by atoms with E-state index in [1.54, 1.807) is 23.1 Å². The van der Waals surface area contributed by atoms with Crippen LogP contribution in [0.15, 0.2) is 18.2 Å². The molecular weight excluding hydrogens is 342 g/mol. The van der Waals surface area contributed by atoms with Crippen LogP contribution in [0.4, 0.5) is 0 Å². The summed E-state index contributed by atoms with van der Waals surface area (Å²) in [6.07, 6.45) is -0.509. The third-order valence-corrected chi connectivity index (χ3v) is 5.33. The lowest BCUT2D eigenvalue weighted by molar-refractivity contribution is 0.0512.